The van der Waals surface area contributed by atoms with E-state index >= 15 is 0 Å². The van der Waals surface area contributed by atoms with Crippen LogP contribution in [-0.2, 0) is 4.74 Å². The zero-order valence-corrected chi connectivity index (χ0v) is 8.02. The highest BCUT2D eigenvalue weighted by Gasteiger charge is 2.35. The highest BCUT2D eigenvalue weighted by Crippen LogP contribution is 2.34. The van der Waals surface area contributed by atoms with Crippen molar-refractivity contribution in [1.82, 2.24) is 5.01 Å². The molecule has 2 N–H and O–H groups in total. The van der Waals surface area contributed by atoms with Crippen molar-refractivity contribution in [1.29, 1.82) is 0 Å². The summed E-state index contributed by atoms with van der Waals surface area (Å²) in [5.74, 6) is 5.81. The maximum atomic E-state index is 5.92. The van der Waals surface area contributed by atoms with Gasteiger partial charge >= 0.3 is 0 Å². The van der Waals surface area contributed by atoms with Gasteiger partial charge in [0.1, 0.15) is 6.10 Å². The van der Waals surface area contributed by atoms with Crippen LogP contribution in [0.15, 0.2) is 35.5 Å². The highest BCUT2D eigenvalue weighted by molar-refractivity contribution is 5.44. The number of ether oxygens (including phenoxy) is 1. The normalized spacial score (nSPS) is 36.1. The molecule has 3 nitrogen and oxygen atoms in total. The van der Waals surface area contributed by atoms with E-state index in [0.29, 0.717) is 6.10 Å². The molecule has 0 radical (unpaired) electrons. The molecule has 3 aliphatic rings. The van der Waals surface area contributed by atoms with E-state index in [1.165, 1.54) is 11.1 Å². The van der Waals surface area contributed by atoms with Gasteiger partial charge in [0.2, 0.25) is 0 Å². The van der Waals surface area contributed by atoms with Crippen LogP contribution in [0.5, 0.6) is 0 Å². The molecule has 74 valence electrons. The van der Waals surface area contributed by atoms with Crippen LogP contribution in [0.1, 0.15) is 6.42 Å². The predicted molar refractivity (Wildman–Crippen MR) is 54.3 cm³/mol. The first-order valence-electron chi connectivity index (χ1n) is 5.07. The van der Waals surface area contributed by atoms with Crippen molar-refractivity contribution in [3.05, 3.63) is 35.5 Å². The van der Waals surface area contributed by atoms with Crippen LogP contribution in [0, 0.1) is 0 Å². The number of nitrogens with zero attached hydrogens (tertiary/aromatic N) is 1. The lowest BCUT2D eigenvalue weighted by molar-refractivity contribution is 0.0503. The van der Waals surface area contributed by atoms with Crippen LogP contribution in [0.25, 0.3) is 0 Å². The Morgan fingerprint density at radius 1 is 1.43 bits per heavy atom. The fraction of sp³-hybridized carbons (Fsp3) is 0.455. The van der Waals surface area contributed by atoms with Gasteiger partial charge in [-0.25, -0.2) is 5.01 Å². The molecule has 0 aromatic carbocycles. The number of fused-ring (bicyclic) bond motifs is 2. The summed E-state index contributed by atoms with van der Waals surface area (Å²) in [6.07, 6.45) is 9.90. The summed E-state index contributed by atoms with van der Waals surface area (Å²) < 4.78 is 5.92. The molecule has 0 saturated carbocycles. The topological polar surface area (TPSA) is 38.5 Å². The van der Waals surface area contributed by atoms with Crippen molar-refractivity contribution in [2.24, 2.45) is 5.84 Å². The van der Waals surface area contributed by atoms with Gasteiger partial charge in [-0.05, 0) is 17.6 Å². The van der Waals surface area contributed by atoms with Gasteiger partial charge in [-0.3, -0.25) is 5.84 Å². The van der Waals surface area contributed by atoms with E-state index in [-0.39, 0.29) is 6.10 Å². The second-order valence-electron chi connectivity index (χ2n) is 4.03. The quantitative estimate of drug-likeness (QED) is 0.573. The van der Waals surface area contributed by atoms with Crippen molar-refractivity contribution in [3.8, 4) is 0 Å². The van der Waals surface area contributed by atoms with Crippen LogP contribution in [0.4, 0.5) is 0 Å². The number of piperidine rings is 1. The summed E-state index contributed by atoms with van der Waals surface area (Å²) in [7, 11) is 0. The van der Waals surface area contributed by atoms with Crippen LogP contribution >= 0.6 is 0 Å². The summed E-state index contributed by atoms with van der Waals surface area (Å²) >= 11 is 0. The Balaban J connectivity index is 1.97. The number of hydrogen-bond donors (Lipinski definition) is 1. The molecule has 1 fully saturated rings. The van der Waals surface area contributed by atoms with Gasteiger partial charge in [0.15, 0.2) is 0 Å². The van der Waals surface area contributed by atoms with Gasteiger partial charge in [-0.2, -0.15) is 0 Å². The molecule has 0 spiro atoms. The number of rotatable bonds is 0. The van der Waals surface area contributed by atoms with Crippen molar-refractivity contribution in [2.75, 3.05) is 13.1 Å². The van der Waals surface area contributed by atoms with E-state index in [1.807, 2.05) is 11.1 Å². The zero-order valence-electron chi connectivity index (χ0n) is 8.02. The lowest BCUT2D eigenvalue weighted by Crippen LogP contribution is -2.41. The lowest BCUT2D eigenvalue weighted by Gasteiger charge is -2.27. The van der Waals surface area contributed by atoms with Crippen molar-refractivity contribution in [3.63, 3.8) is 0 Å². The van der Waals surface area contributed by atoms with Crippen molar-refractivity contribution >= 4 is 0 Å². The molecule has 0 amide bonds. The molecule has 2 aliphatic heterocycles. The summed E-state index contributed by atoms with van der Waals surface area (Å²) in [4.78, 5) is 0. The van der Waals surface area contributed by atoms with Gasteiger partial charge < -0.3 is 4.74 Å². The number of hydrogen-bond acceptors (Lipinski definition) is 3. The smallest absolute Gasteiger partial charge is 0.102 e. The Bertz CT molecular complexity index is 343. The third kappa shape index (κ3) is 1.17. The number of nitrogens with two attached hydrogens (primary N) is 1. The Morgan fingerprint density at radius 2 is 2.36 bits per heavy atom. The molecule has 14 heavy (non-hydrogen) atoms. The molecule has 3 heteroatoms. The highest BCUT2D eigenvalue weighted by atomic mass is 16.5. The molecule has 2 unspecified atom stereocenters. The largest absolute Gasteiger partial charge is 0.362 e. The first-order chi connectivity index (χ1) is 6.84. The van der Waals surface area contributed by atoms with E-state index in [0.717, 1.165) is 19.5 Å². The maximum absolute atomic E-state index is 5.92. The maximum Gasteiger partial charge on any atom is 0.102 e. The van der Waals surface area contributed by atoms with Gasteiger partial charge in [0.25, 0.3) is 0 Å². The van der Waals surface area contributed by atoms with Gasteiger partial charge in [-0.1, -0.05) is 24.3 Å². The monoisotopic (exact) mass is 190 g/mol. The second-order valence-corrected chi connectivity index (χ2v) is 4.03. The Morgan fingerprint density at radius 3 is 3.29 bits per heavy atom. The second kappa shape index (κ2) is 3.05. The molecule has 1 saturated heterocycles. The average Bonchev–Trinajstić information content (AvgIpc) is 2.56. The SMILES string of the molecule is NN1CCC2OC3C=CC=CC3=C2C1. The summed E-state index contributed by atoms with van der Waals surface area (Å²) in [6, 6.07) is 0. The predicted octanol–water partition coefficient (Wildman–Crippen LogP) is 0.756. The van der Waals surface area contributed by atoms with Crippen LogP contribution in [-0.4, -0.2) is 30.3 Å². The van der Waals surface area contributed by atoms with E-state index in [9.17, 15) is 0 Å². The molecule has 0 bridgehead atoms. The Kier molecular flexibility index (Phi) is 1.83. The minimum atomic E-state index is 0.187. The molecule has 0 aromatic rings. The summed E-state index contributed by atoms with van der Waals surface area (Å²) in [5.41, 5.74) is 2.71. The van der Waals surface area contributed by atoms with Crippen molar-refractivity contribution < 1.29 is 4.74 Å². The summed E-state index contributed by atoms with van der Waals surface area (Å²) in [5, 5.41) is 1.87. The van der Waals surface area contributed by atoms with E-state index in [4.69, 9.17) is 10.6 Å². The molecular weight excluding hydrogens is 176 g/mol. The average molecular weight is 190 g/mol. The minimum Gasteiger partial charge on any atom is -0.362 e. The molecule has 0 aromatic heterocycles. The van der Waals surface area contributed by atoms with Crippen LogP contribution < -0.4 is 5.84 Å². The molecule has 2 heterocycles. The Labute approximate surface area is 83.5 Å². The third-order valence-electron chi connectivity index (χ3n) is 3.10. The first kappa shape index (κ1) is 8.41. The fourth-order valence-corrected chi connectivity index (χ4v) is 2.39. The molecule has 3 rings (SSSR count). The van der Waals surface area contributed by atoms with Gasteiger partial charge in [-0.15, -0.1) is 0 Å². The van der Waals surface area contributed by atoms with Crippen LogP contribution in [0.2, 0.25) is 0 Å². The van der Waals surface area contributed by atoms with E-state index < -0.39 is 0 Å². The molecule has 2 atom stereocenters. The molecular formula is C11H14N2O. The third-order valence-corrected chi connectivity index (χ3v) is 3.10. The zero-order chi connectivity index (χ0) is 9.54. The van der Waals surface area contributed by atoms with Gasteiger partial charge in [0.05, 0.1) is 6.10 Å². The van der Waals surface area contributed by atoms with E-state index in [2.05, 4.69) is 18.2 Å². The standard InChI is InChI=1S/C11H14N2O/c12-13-6-5-11-9(7-13)8-3-1-2-4-10(8)14-11/h1-4,10-11H,5-7,12H2. The van der Waals surface area contributed by atoms with Gasteiger partial charge in [0, 0.05) is 13.1 Å². The van der Waals surface area contributed by atoms with E-state index in [1.54, 1.807) is 0 Å². The van der Waals surface area contributed by atoms with Crippen LogP contribution in [0.3, 0.4) is 0 Å². The first-order valence-corrected chi connectivity index (χ1v) is 5.07. The lowest BCUT2D eigenvalue weighted by atomic mass is 9.95. The number of allylic oxidation sites excluding steroid dienone is 2. The minimum absolute atomic E-state index is 0.187. The summed E-state index contributed by atoms with van der Waals surface area (Å²) in [6.45, 7) is 1.79. The molecule has 1 aliphatic carbocycles. The van der Waals surface area contributed by atoms with Crippen molar-refractivity contribution in [2.45, 2.75) is 18.6 Å². The Hall–Kier alpha value is -0.900. The number of hydrazine groups is 1. The fourth-order valence-electron chi connectivity index (χ4n) is 2.39.